The van der Waals surface area contributed by atoms with Crippen LogP contribution in [-0.2, 0) is 0 Å². The summed E-state index contributed by atoms with van der Waals surface area (Å²) in [4.78, 5) is 4.15. The third-order valence-corrected chi connectivity index (χ3v) is 5.14. The fourth-order valence-corrected chi connectivity index (χ4v) is 3.29. The van der Waals surface area contributed by atoms with E-state index < -0.39 is 7.25 Å². The van der Waals surface area contributed by atoms with E-state index in [-0.39, 0.29) is 0 Å². The van der Waals surface area contributed by atoms with Gasteiger partial charge in [0.15, 0.2) is 12.4 Å². The second-order valence-electron chi connectivity index (χ2n) is 7.43. The van der Waals surface area contributed by atoms with Crippen molar-refractivity contribution >= 4 is 42.8 Å². The van der Waals surface area contributed by atoms with Gasteiger partial charge in [-0.1, -0.05) is 43.8 Å². The van der Waals surface area contributed by atoms with Crippen LogP contribution >= 0.6 is 11.8 Å². The van der Waals surface area contributed by atoms with Crippen molar-refractivity contribution in [1.82, 2.24) is 4.68 Å². The number of benzene rings is 2. The molecule has 0 amide bonds. The van der Waals surface area contributed by atoms with E-state index in [9.17, 15) is 17.3 Å². The Labute approximate surface area is 201 Å². The van der Waals surface area contributed by atoms with Crippen molar-refractivity contribution in [2.45, 2.75) is 5.16 Å². The Morgan fingerprint density at radius 3 is 1.68 bits per heavy atom. The highest BCUT2D eigenvalue weighted by Gasteiger charge is 2.20. The number of nitrogens with zero attached hydrogens (tertiary/aromatic N) is 6. The molecule has 0 saturated heterocycles. The number of imidazole rings is 1. The van der Waals surface area contributed by atoms with Crippen LogP contribution in [0.3, 0.4) is 0 Å². The van der Waals surface area contributed by atoms with E-state index in [1.54, 1.807) is 11.8 Å². The smallest absolute Gasteiger partial charge is 0.418 e. The Morgan fingerprint density at radius 1 is 0.824 bits per heavy atom. The zero-order valence-corrected chi connectivity index (χ0v) is 20.4. The number of hydrogen-bond donors (Lipinski definition) is 0. The second-order valence-corrected chi connectivity index (χ2v) is 8.20. The fraction of sp³-hybridized carbons (Fsp3) is 0.227. The number of rotatable bonds is 7. The van der Waals surface area contributed by atoms with Crippen molar-refractivity contribution in [3.8, 4) is 0 Å². The third-order valence-electron chi connectivity index (χ3n) is 4.41. The topological polar surface area (TPSA) is 40.0 Å². The summed E-state index contributed by atoms with van der Waals surface area (Å²) >= 11 is 1.60. The molecule has 6 nitrogen and oxygen atoms in total. The first-order valence-corrected chi connectivity index (χ1v) is 11.4. The predicted molar refractivity (Wildman–Crippen MR) is 134 cm³/mol. The zero-order valence-electron chi connectivity index (χ0n) is 19.6. The molecule has 3 aromatic rings. The van der Waals surface area contributed by atoms with Gasteiger partial charge < -0.3 is 27.1 Å². The van der Waals surface area contributed by atoms with Gasteiger partial charge in [0.05, 0.1) is 12.4 Å². The molecule has 0 fully saturated rings. The van der Waals surface area contributed by atoms with Crippen molar-refractivity contribution in [3.63, 3.8) is 0 Å². The molecule has 0 spiro atoms. The van der Waals surface area contributed by atoms with Crippen LogP contribution in [0.15, 0.2) is 76.3 Å². The Kier molecular flexibility index (Phi) is 9.73. The molecule has 3 rings (SSSR count). The highest BCUT2D eigenvalue weighted by atomic mass is 32.2. The third kappa shape index (κ3) is 8.93. The predicted octanol–water partition coefficient (Wildman–Crippen LogP) is 4.69. The van der Waals surface area contributed by atoms with Crippen LogP contribution in [-0.4, -0.2) is 58.8 Å². The van der Waals surface area contributed by atoms with Gasteiger partial charge in [0.1, 0.15) is 0 Å². The highest BCUT2D eigenvalue weighted by Crippen LogP contribution is 2.14. The van der Waals surface area contributed by atoms with Gasteiger partial charge in [-0.05, 0) is 53.4 Å². The standard InChI is InChI=1S/C22H27N6S.BF4/c1-25(2)20-10-6-18(7-11-20)16-23-27-14-15-28(22(27)29-5)24-17-19-8-12-21(13-9-19)26(3)4;2-1(3,4)5/h6-17H,1-5H3;/q+1;-1/b23-16+,24-17+;. The fourth-order valence-electron chi connectivity index (χ4n) is 2.70. The molecule has 1 aromatic heterocycles. The first kappa shape index (κ1) is 27.0. The Hall–Kier alpha value is -3.28. The molecule has 34 heavy (non-hydrogen) atoms. The first-order chi connectivity index (χ1) is 16.0. The summed E-state index contributed by atoms with van der Waals surface area (Å²) in [6, 6.07) is 16.6. The van der Waals surface area contributed by atoms with Gasteiger partial charge in [0, 0.05) is 39.6 Å². The molecule has 1 heterocycles. The average molecular weight is 494 g/mol. The quantitative estimate of drug-likeness (QED) is 0.157. The minimum Gasteiger partial charge on any atom is -0.418 e. The van der Waals surface area contributed by atoms with Gasteiger partial charge in [0.25, 0.3) is 0 Å². The summed E-state index contributed by atoms with van der Waals surface area (Å²) in [7, 11) is 2.13. The molecule has 0 aliphatic heterocycles. The van der Waals surface area contributed by atoms with E-state index in [4.69, 9.17) is 0 Å². The summed E-state index contributed by atoms with van der Waals surface area (Å²) < 4.78 is 42.7. The van der Waals surface area contributed by atoms with Crippen molar-refractivity contribution in [2.24, 2.45) is 10.2 Å². The molecule has 0 N–H and O–H groups in total. The molecule has 0 radical (unpaired) electrons. The Balaban J connectivity index is 0.000000739. The zero-order chi connectivity index (χ0) is 25.3. The van der Waals surface area contributed by atoms with Crippen LogP contribution in [0.25, 0.3) is 0 Å². The number of thioether (sulfide) groups is 1. The monoisotopic (exact) mass is 494 g/mol. The van der Waals surface area contributed by atoms with Gasteiger partial charge in [-0.25, -0.2) is 0 Å². The molecule has 0 bridgehead atoms. The molecule has 0 aliphatic rings. The van der Waals surface area contributed by atoms with Gasteiger partial charge in [-0.2, -0.15) is 0 Å². The van der Waals surface area contributed by atoms with Gasteiger partial charge >= 0.3 is 12.4 Å². The average Bonchev–Trinajstić information content (AvgIpc) is 3.17. The second kappa shape index (κ2) is 12.3. The maximum absolute atomic E-state index is 9.75. The van der Waals surface area contributed by atoms with E-state index in [0.29, 0.717) is 0 Å². The molecule has 0 unspecified atom stereocenters. The van der Waals surface area contributed by atoms with E-state index in [2.05, 4.69) is 68.5 Å². The van der Waals surface area contributed by atoms with Crippen molar-refractivity contribution in [3.05, 3.63) is 72.1 Å². The largest absolute Gasteiger partial charge is 0.673 e. The Bertz CT molecular complexity index is 1010. The minimum atomic E-state index is -6.00. The SMILES string of the molecule is CSc1n(/N=C/c2ccc(N(C)C)cc2)cc[n+]1/N=C/c1ccc(N(C)C)cc1.F[B-](F)(F)F. The highest BCUT2D eigenvalue weighted by molar-refractivity contribution is 7.98. The van der Waals surface area contributed by atoms with E-state index in [1.807, 2.05) is 68.6 Å². The molecule has 182 valence electrons. The lowest BCUT2D eigenvalue weighted by Gasteiger charge is -2.11. The van der Waals surface area contributed by atoms with Gasteiger partial charge in [-0.3, -0.25) is 0 Å². The lowest BCUT2D eigenvalue weighted by Crippen LogP contribution is -2.28. The number of hydrogen-bond acceptors (Lipinski definition) is 5. The number of aromatic nitrogens is 2. The maximum atomic E-state index is 9.75. The van der Waals surface area contributed by atoms with Crippen molar-refractivity contribution < 1.29 is 21.9 Å². The van der Waals surface area contributed by atoms with Crippen LogP contribution in [0.2, 0.25) is 0 Å². The van der Waals surface area contributed by atoms with Crippen molar-refractivity contribution in [2.75, 3.05) is 44.2 Å². The van der Waals surface area contributed by atoms with Crippen LogP contribution in [0, 0.1) is 0 Å². The lowest BCUT2D eigenvalue weighted by atomic mass is 10.2. The van der Waals surface area contributed by atoms with Crippen LogP contribution in [0.5, 0.6) is 0 Å². The summed E-state index contributed by atoms with van der Waals surface area (Å²) in [5, 5.41) is 10.1. The van der Waals surface area contributed by atoms with Crippen molar-refractivity contribution in [1.29, 1.82) is 0 Å². The van der Waals surface area contributed by atoms with Gasteiger partial charge in [0.2, 0.25) is 0 Å². The molecule has 0 atom stereocenters. The minimum absolute atomic E-state index is 0.923. The molecule has 0 aliphatic carbocycles. The van der Waals surface area contributed by atoms with Crippen LogP contribution in [0.4, 0.5) is 28.6 Å². The Morgan fingerprint density at radius 2 is 1.26 bits per heavy atom. The normalized spacial score (nSPS) is 11.6. The van der Waals surface area contributed by atoms with Crippen LogP contribution in [0.1, 0.15) is 11.1 Å². The summed E-state index contributed by atoms with van der Waals surface area (Å²) in [5.74, 6) is 0. The molecular formula is C22H27BF4N6S. The van der Waals surface area contributed by atoms with E-state index in [0.717, 1.165) is 16.3 Å². The van der Waals surface area contributed by atoms with Crippen LogP contribution < -0.4 is 14.5 Å². The van der Waals surface area contributed by atoms with E-state index >= 15 is 0 Å². The molecule has 12 heteroatoms. The summed E-state index contributed by atoms with van der Waals surface area (Å²) in [6.45, 7) is 0. The van der Waals surface area contributed by atoms with Gasteiger partial charge in [-0.15, -0.1) is 0 Å². The molecule has 2 aromatic carbocycles. The molecule has 0 saturated carbocycles. The number of halogens is 4. The maximum Gasteiger partial charge on any atom is 0.673 e. The molecular weight excluding hydrogens is 467 g/mol. The van der Waals surface area contributed by atoms with E-state index in [1.165, 1.54) is 11.4 Å². The lowest BCUT2D eigenvalue weighted by molar-refractivity contribution is -0.715. The summed E-state index contributed by atoms with van der Waals surface area (Å²) in [5.41, 5.74) is 4.43. The summed E-state index contributed by atoms with van der Waals surface area (Å²) in [6.07, 6.45) is 9.54. The first-order valence-electron chi connectivity index (χ1n) is 10.2. The number of anilines is 2.